The predicted molar refractivity (Wildman–Crippen MR) is 96.4 cm³/mol. The number of ether oxygens (including phenoxy) is 2. The Bertz CT molecular complexity index is 612. The molecule has 1 rings (SSSR count). The summed E-state index contributed by atoms with van der Waals surface area (Å²) in [5.41, 5.74) is 1.97. The monoisotopic (exact) mass is 352 g/mol. The van der Waals surface area contributed by atoms with E-state index < -0.39 is 20.3 Å². The van der Waals surface area contributed by atoms with E-state index in [1.165, 1.54) is 14.2 Å². The number of carbonyl (C=O) groups is 2. The van der Waals surface area contributed by atoms with E-state index >= 15 is 0 Å². The minimum absolute atomic E-state index is 0.166. The van der Waals surface area contributed by atoms with Crippen LogP contribution in [-0.4, -0.2) is 34.5 Å². The van der Waals surface area contributed by atoms with Gasteiger partial charge < -0.3 is 13.9 Å². The van der Waals surface area contributed by atoms with Gasteiger partial charge in [-0.25, -0.2) is 9.59 Å². The Labute approximate surface area is 145 Å². The van der Waals surface area contributed by atoms with Gasteiger partial charge in [0.15, 0.2) is 0 Å². The Hall–Kier alpha value is -1.82. The molecule has 0 N–H and O–H groups in total. The number of carbonyl (C=O) groups excluding carboxylic acids is 2. The number of hydrogen-bond acceptors (Lipinski definition) is 5. The number of rotatable bonds is 7. The number of esters is 2. The van der Waals surface area contributed by atoms with Gasteiger partial charge in [-0.05, 0) is 49.2 Å². The molecule has 6 heteroatoms. The lowest BCUT2D eigenvalue weighted by Crippen LogP contribution is -2.40. The maximum absolute atomic E-state index is 12.4. The van der Waals surface area contributed by atoms with E-state index in [1.54, 1.807) is 6.92 Å². The maximum atomic E-state index is 12.4. The van der Waals surface area contributed by atoms with Crippen LogP contribution in [0.3, 0.4) is 0 Å². The highest BCUT2D eigenvalue weighted by atomic mass is 28.4. The molecule has 0 saturated carbocycles. The van der Waals surface area contributed by atoms with Crippen molar-refractivity contribution in [3.63, 3.8) is 0 Å². The van der Waals surface area contributed by atoms with Gasteiger partial charge >= 0.3 is 11.9 Å². The highest BCUT2D eigenvalue weighted by molar-refractivity contribution is 6.74. The van der Waals surface area contributed by atoms with E-state index in [0.29, 0.717) is 11.3 Å². The van der Waals surface area contributed by atoms with Crippen molar-refractivity contribution >= 4 is 20.3 Å². The lowest BCUT2D eigenvalue weighted by atomic mass is 9.96. The Balaban J connectivity index is 3.68. The summed E-state index contributed by atoms with van der Waals surface area (Å²) in [6.07, 6.45) is 0. The van der Waals surface area contributed by atoms with Gasteiger partial charge in [0.2, 0.25) is 0 Å². The van der Waals surface area contributed by atoms with Gasteiger partial charge in [0, 0.05) is 0 Å². The van der Waals surface area contributed by atoms with Crippen LogP contribution < -0.4 is 4.43 Å². The van der Waals surface area contributed by atoms with Crippen molar-refractivity contribution < 1.29 is 23.5 Å². The van der Waals surface area contributed by atoms with Crippen LogP contribution in [0, 0.1) is 13.8 Å². The minimum Gasteiger partial charge on any atom is -0.543 e. The largest absolute Gasteiger partial charge is 0.543 e. The summed E-state index contributed by atoms with van der Waals surface area (Å²) in [6, 6.07) is 4.63. The highest BCUT2D eigenvalue weighted by Crippen LogP contribution is 2.34. The first kappa shape index (κ1) is 20.2. The average Bonchev–Trinajstić information content (AvgIpc) is 2.60. The first-order valence-corrected chi connectivity index (χ1v) is 10.8. The fourth-order valence-electron chi connectivity index (χ4n) is 2.83. The Morgan fingerprint density at radius 1 is 0.917 bits per heavy atom. The van der Waals surface area contributed by atoms with Crippen molar-refractivity contribution in [1.29, 1.82) is 0 Å². The molecule has 134 valence electrons. The van der Waals surface area contributed by atoms with Crippen LogP contribution in [-0.2, 0) is 9.47 Å². The second kappa shape index (κ2) is 8.33. The normalized spacial score (nSPS) is 11.1. The molecule has 0 fully saturated rings. The van der Waals surface area contributed by atoms with Crippen LogP contribution in [0.25, 0.3) is 0 Å². The first-order chi connectivity index (χ1) is 11.3. The summed E-state index contributed by atoms with van der Waals surface area (Å²) >= 11 is 0. The van der Waals surface area contributed by atoms with Crippen molar-refractivity contribution in [2.45, 2.75) is 52.8 Å². The molecule has 0 atom stereocenters. The first-order valence-electron chi connectivity index (χ1n) is 8.30. The zero-order valence-electron chi connectivity index (χ0n) is 15.7. The third kappa shape index (κ3) is 3.80. The lowest BCUT2D eigenvalue weighted by molar-refractivity contribution is 0.0552. The van der Waals surface area contributed by atoms with Crippen molar-refractivity contribution in [2.24, 2.45) is 0 Å². The smallest absolute Gasteiger partial charge is 0.342 e. The standard InChI is InChI=1S/C18H28O5Si/c1-8-24(9-2,10-3)23-14-11-12(4)13(5)15(17(19)21-6)16(14)18(20)22-7/h11H,8-10H2,1-7H3. The third-order valence-corrected chi connectivity index (χ3v) is 9.37. The van der Waals surface area contributed by atoms with Crippen molar-refractivity contribution in [3.8, 4) is 5.75 Å². The SMILES string of the molecule is CC[Si](CC)(CC)Oc1cc(C)c(C)c(C(=O)OC)c1C(=O)OC. The van der Waals surface area contributed by atoms with Crippen LogP contribution in [0.1, 0.15) is 52.6 Å². The van der Waals surface area contributed by atoms with Crippen molar-refractivity contribution in [1.82, 2.24) is 0 Å². The zero-order valence-corrected chi connectivity index (χ0v) is 16.7. The molecule has 0 bridgehead atoms. The third-order valence-electron chi connectivity index (χ3n) is 4.85. The molecule has 1 aromatic rings. The topological polar surface area (TPSA) is 61.8 Å². The van der Waals surface area contributed by atoms with E-state index in [-0.39, 0.29) is 11.1 Å². The van der Waals surface area contributed by atoms with Gasteiger partial charge in [0.25, 0.3) is 8.32 Å². The van der Waals surface area contributed by atoms with Crippen LogP contribution in [0.5, 0.6) is 5.75 Å². The van der Waals surface area contributed by atoms with Crippen LogP contribution in [0.15, 0.2) is 6.07 Å². The molecule has 0 aliphatic carbocycles. The van der Waals surface area contributed by atoms with Gasteiger partial charge in [0.05, 0.1) is 19.8 Å². The zero-order chi connectivity index (χ0) is 18.5. The molecule has 0 unspecified atom stereocenters. The van der Waals surface area contributed by atoms with Gasteiger partial charge in [-0.1, -0.05) is 20.8 Å². The molecule has 5 nitrogen and oxygen atoms in total. The lowest BCUT2D eigenvalue weighted by Gasteiger charge is -2.30. The van der Waals surface area contributed by atoms with Crippen molar-refractivity contribution in [3.05, 3.63) is 28.3 Å². The van der Waals surface area contributed by atoms with E-state index in [9.17, 15) is 9.59 Å². The molecule has 0 heterocycles. The van der Waals surface area contributed by atoms with Gasteiger partial charge in [0.1, 0.15) is 11.3 Å². The predicted octanol–water partition coefficient (Wildman–Crippen LogP) is 4.26. The van der Waals surface area contributed by atoms with E-state index in [2.05, 4.69) is 20.8 Å². The minimum atomic E-state index is -2.02. The fourth-order valence-corrected chi connectivity index (χ4v) is 5.39. The number of aryl methyl sites for hydroxylation is 1. The highest BCUT2D eigenvalue weighted by Gasteiger charge is 2.34. The molecule has 0 aromatic heterocycles. The second-order valence-corrected chi connectivity index (χ2v) is 10.6. The summed E-state index contributed by atoms with van der Waals surface area (Å²) in [5, 5.41) is 0. The Morgan fingerprint density at radius 2 is 1.38 bits per heavy atom. The molecule has 0 aliphatic rings. The van der Waals surface area contributed by atoms with Gasteiger partial charge in [-0.3, -0.25) is 0 Å². The molecule has 0 aliphatic heterocycles. The molecule has 0 spiro atoms. The molecule has 24 heavy (non-hydrogen) atoms. The average molecular weight is 353 g/mol. The van der Waals surface area contributed by atoms with Gasteiger partial charge in [-0.15, -0.1) is 0 Å². The quantitative estimate of drug-likeness (QED) is 0.542. The maximum Gasteiger partial charge on any atom is 0.342 e. The molecule has 0 amide bonds. The van der Waals surface area contributed by atoms with Crippen LogP contribution >= 0.6 is 0 Å². The van der Waals surface area contributed by atoms with Crippen LogP contribution in [0.2, 0.25) is 18.1 Å². The fraction of sp³-hybridized carbons (Fsp3) is 0.556. The van der Waals surface area contributed by atoms with E-state index in [1.807, 2.05) is 13.0 Å². The van der Waals surface area contributed by atoms with E-state index in [0.717, 1.165) is 23.7 Å². The number of methoxy groups -OCH3 is 2. The Morgan fingerprint density at radius 3 is 1.79 bits per heavy atom. The summed E-state index contributed by atoms with van der Waals surface area (Å²) in [7, 11) is 0.582. The molecule has 0 saturated heterocycles. The molecule has 0 radical (unpaired) electrons. The second-order valence-electron chi connectivity index (χ2n) is 5.90. The van der Waals surface area contributed by atoms with Crippen molar-refractivity contribution in [2.75, 3.05) is 14.2 Å². The molecule has 1 aromatic carbocycles. The summed E-state index contributed by atoms with van der Waals surface area (Å²) in [4.78, 5) is 24.7. The van der Waals surface area contributed by atoms with Gasteiger partial charge in [-0.2, -0.15) is 0 Å². The van der Waals surface area contributed by atoms with Crippen LogP contribution in [0.4, 0.5) is 0 Å². The Kier molecular flexibility index (Phi) is 7.02. The summed E-state index contributed by atoms with van der Waals surface area (Å²) < 4.78 is 16.2. The molecular formula is C18H28O5Si. The van der Waals surface area contributed by atoms with E-state index in [4.69, 9.17) is 13.9 Å². The number of benzene rings is 1. The number of hydrogen-bond donors (Lipinski definition) is 0. The summed E-state index contributed by atoms with van der Waals surface area (Å²) in [6.45, 7) is 10.0. The molecular weight excluding hydrogens is 324 g/mol. The summed E-state index contributed by atoms with van der Waals surface area (Å²) in [5.74, 6) is -0.708.